The molecule has 0 heterocycles. The van der Waals surface area contributed by atoms with Crippen LogP contribution in [0.4, 0.5) is 0 Å². The van der Waals surface area contributed by atoms with Crippen molar-refractivity contribution < 1.29 is 9.53 Å². The summed E-state index contributed by atoms with van der Waals surface area (Å²) in [5, 5.41) is 0. The Morgan fingerprint density at radius 3 is 2.53 bits per heavy atom. The van der Waals surface area contributed by atoms with Crippen molar-refractivity contribution in [2.75, 3.05) is 19.7 Å². The molecule has 0 aliphatic carbocycles. The molecule has 0 fully saturated rings. The van der Waals surface area contributed by atoms with Gasteiger partial charge in [-0.1, -0.05) is 15.9 Å². The molecule has 0 saturated heterocycles. The van der Waals surface area contributed by atoms with Crippen molar-refractivity contribution in [1.29, 1.82) is 0 Å². The molecule has 0 aliphatic rings. The van der Waals surface area contributed by atoms with Crippen molar-refractivity contribution >= 4 is 21.8 Å². The molecule has 17 heavy (non-hydrogen) atoms. The Bertz CT molecular complexity index is 389. The topological polar surface area (TPSA) is 29.5 Å². The Hall–Kier alpha value is -1.03. The maximum atomic E-state index is 11.7. The van der Waals surface area contributed by atoms with E-state index in [9.17, 15) is 4.79 Å². The van der Waals surface area contributed by atoms with Crippen LogP contribution in [0.5, 0.6) is 5.75 Å². The first kappa shape index (κ1) is 14.0. The Morgan fingerprint density at radius 1 is 1.35 bits per heavy atom. The smallest absolute Gasteiger partial charge is 0.260 e. The summed E-state index contributed by atoms with van der Waals surface area (Å²) in [5.41, 5.74) is 1.10. The number of hydrogen-bond donors (Lipinski definition) is 0. The lowest BCUT2D eigenvalue weighted by molar-refractivity contribution is -0.132. The molecule has 0 bridgehead atoms. The molecule has 1 rings (SSSR count). The molecule has 3 nitrogen and oxygen atoms in total. The summed E-state index contributed by atoms with van der Waals surface area (Å²) >= 11 is 3.42. The highest BCUT2D eigenvalue weighted by Crippen LogP contribution is 2.21. The van der Waals surface area contributed by atoms with E-state index < -0.39 is 0 Å². The van der Waals surface area contributed by atoms with E-state index in [-0.39, 0.29) is 12.5 Å². The number of carbonyl (C=O) groups is 1. The number of likely N-dealkylation sites (N-methyl/N-ethyl adjacent to an activating group) is 1. The normalized spacial score (nSPS) is 10.1. The van der Waals surface area contributed by atoms with Crippen LogP contribution < -0.4 is 4.74 Å². The molecular formula is C13H18BrNO2. The van der Waals surface area contributed by atoms with Gasteiger partial charge in [-0.3, -0.25) is 4.79 Å². The Kier molecular flexibility index (Phi) is 5.48. The number of rotatable bonds is 5. The fraction of sp³-hybridized carbons (Fsp3) is 0.462. The molecule has 0 radical (unpaired) electrons. The van der Waals surface area contributed by atoms with Crippen LogP contribution in [0.3, 0.4) is 0 Å². The van der Waals surface area contributed by atoms with Crippen LogP contribution in [0, 0.1) is 6.92 Å². The van der Waals surface area contributed by atoms with Gasteiger partial charge in [0.15, 0.2) is 6.61 Å². The lowest BCUT2D eigenvalue weighted by Gasteiger charge is -2.18. The lowest BCUT2D eigenvalue weighted by Crippen LogP contribution is -2.34. The zero-order valence-electron chi connectivity index (χ0n) is 10.5. The van der Waals surface area contributed by atoms with E-state index in [4.69, 9.17) is 4.74 Å². The molecule has 0 N–H and O–H groups in total. The van der Waals surface area contributed by atoms with Crippen LogP contribution in [-0.2, 0) is 4.79 Å². The molecule has 0 atom stereocenters. The average molecular weight is 300 g/mol. The maximum absolute atomic E-state index is 11.7. The second kappa shape index (κ2) is 6.64. The van der Waals surface area contributed by atoms with Gasteiger partial charge in [-0.25, -0.2) is 0 Å². The number of ether oxygens (including phenoxy) is 1. The number of hydrogen-bond acceptors (Lipinski definition) is 2. The number of nitrogens with zero attached hydrogens (tertiary/aromatic N) is 1. The third kappa shape index (κ3) is 4.04. The van der Waals surface area contributed by atoms with Gasteiger partial charge in [-0.05, 0) is 44.5 Å². The molecule has 0 saturated carbocycles. The molecule has 0 spiro atoms. The first-order valence-corrected chi connectivity index (χ1v) is 6.54. The second-order valence-electron chi connectivity index (χ2n) is 3.77. The monoisotopic (exact) mass is 299 g/mol. The third-order valence-corrected chi connectivity index (χ3v) is 3.50. The number of carbonyl (C=O) groups excluding carboxylic acids is 1. The summed E-state index contributed by atoms with van der Waals surface area (Å²) in [6.45, 7) is 7.46. The van der Waals surface area contributed by atoms with Crippen molar-refractivity contribution in [2.45, 2.75) is 20.8 Å². The van der Waals surface area contributed by atoms with Gasteiger partial charge in [0.25, 0.3) is 5.91 Å². The molecule has 94 valence electrons. The largest absolute Gasteiger partial charge is 0.484 e. The van der Waals surface area contributed by atoms with Crippen molar-refractivity contribution in [3.63, 3.8) is 0 Å². The standard InChI is InChI=1S/C13H18BrNO2/c1-4-15(5-2)13(16)9-17-11-6-7-12(14)10(3)8-11/h6-8H,4-5,9H2,1-3H3. The van der Waals surface area contributed by atoms with E-state index in [1.807, 2.05) is 39.0 Å². The van der Waals surface area contributed by atoms with Gasteiger partial charge in [0.05, 0.1) is 0 Å². The van der Waals surface area contributed by atoms with Crippen LogP contribution in [0.1, 0.15) is 19.4 Å². The van der Waals surface area contributed by atoms with Gasteiger partial charge in [0, 0.05) is 17.6 Å². The molecule has 0 aliphatic heterocycles. The molecule has 1 aromatic carbocycles. The predicted octanol–water partition coefficient (Wildman–Crippen LogP) is 3.00. The van der Waals surface area contributed by atoms with E-state index in [1.54, 1.807) is 4.90 Å². The van der Waals surface area contributed by atoms with Crippen LogP contribution in [0.2, 0.25) is 0 Å². The lowest BCUT2D eigenvalue weighted by atomic mass is 10.2. The van der Waals surface area contributed by atoms with Gasteiger partial charge in [-0.15, -0.1) is 0 Å². The van der Waals surface area contributed by atoms with E-state index in [0.717, 1.165) is 28.9 Å². The fourth-order valence-corrected chi connectivity index (χ4v) is 1.77. The summed E-state index contributed by atoms with van der Waals surface area (Å²) < 4.78 is 6.52. The Balaban J connectivity index is 2.55. The first-order valence-electron chi connectivity index (χ1n) is 5.75. The summed E-state index contributed by atoms with van der Waals surface area (Å²) in [4.78, 5) is 13.5. The molecular weight excluding hydrogens is 282 g/mol. The van der Waals surface area contributed by atoms with Crippen molar-refractivity contribution in [3.05, 3.63) is 28.2 Å². The quantitative estimate of drug-likeness (QED) is 0.836. The highest BCUT2D eigenvalue weighted by molar-refractivity contribution is 9.10. The number of halogens is 1. The van der Waals surface area contributed by atoms with Gasteiger partial charge < -0.3 is 9.64 Å². The van der Waals surface area contributed by atoms with E-state index >= 15 is 0 Å². The van der Waals surface area contributed by atoms with E-state index in [1.165, 1.54) is 0 Å². The van der Waals surface area contributed by atoms with Gasteiger partial charge in [0.1, 0.15) is 5.75 Å². The third-order valence-electron chi connectivity index (χ3n) is 2.61. The minimum atomic E-state index is 0.0237. The molecule has 0 aromatic heterocycles. The van der Waals surface area contributed by atoms with E-state index in [0.29, 0.717) is 0 Å². The van der Waals surface area contributed by atoms with Crippen molar-refractivity contribution in [3.8, 4) is 5.75 Å². The summed E-state index contributed by atoms with van der Waals surface area (Å²) in [7, 11) is 0. The fourth-order valence-electron chi connectivity index (χ4n) is 1.52. The summed E-state index contributed by atoms with van der Waals surface area (Å²) in [5.74, 6) is 0.752. The van der Waals surface area contributed by atoms with Gasteiger partial charge >= 0.3 is 0 Å². The van der Waals surface area contributed by atoms with Gasteiger partial charge in [0.2, 0.25) is 0 Å². The first-order chi connectivity index (χ1) is 8.08. The van der Waals surface area contributed by atoms with Crippen LogP contribution >= 0.6 is 15.9 Å². The molecule has 4 heteroatoms. The van der Waals surface area contributed by atoms with Crippen molar-refractivity contribution in [1.82, 2.24) is 4.90 Å². The predicted molar refractivity (Wildman–Crippen MR) is 72.3 cm³/mol. The Morgan fingerprint density at radius 2 is 2.00 bits per heavy atom. The molecule has 1 amide bonds. The highest BCUT2D eigenvalue weighted by atomic mass is 79.9. The number of benzene rings is 1. The maximum Gasteiger partial charge on any atom is 0.260 e. The van der Waals surface area contributed by atoms with Gasteiger partial charge in [-0.2, -0.15) is 0 Å². The summed E-state index contributed by atoms with van der Waals surface area (Å²) in [6, 6.07) is 5.69. The van der Waals surface area contributed by atoms with Crippen LogP contribution in [0.15, 0.2) is 22.7 Å². The number of amides is 1. The number of aryl methyl sites for hydroxylation is 1. The molecule has 0 unspecified atom stereocenters. The van der Waals surface area contributed by atoms with Crippen molar-refractivity contribution in [2.24, 2.45) is 0 Å². The summed E-state index contributed by atoms with van der Waals surface area (Å²) in [6.07, 6.45) is 0. The second-order valence-corrected chi connectivity index (χ2v) is 4.62. The minimum absolute atomic E-state index is 0.0237. The minimum Gasteiger partial charge on any atom is -0.484 e. The molecule has 1 aromatic rings. The van der Waals surface area contributed by atoms with E-state index in [2.05, 4.69) is 15.9 Å². The SMILES string of the molecule is CCN(CC)C(=O)COc1ccc(Br)c(C)c1. The average Bonchev–Trinajstić information content (AvgIpc) is 2.32. The van der Waals surface area contributed by atoms with Crippen LogP contribution in [-0.4, -0.2) is 30.5 Å². The Labute approximate surface area is 111 Å². The van der Waals surface area contributed by atoms with Crippen LogP contribution in [0.25, 0.3) is 0 Å². The highest BCUT2D eigenvalue weighted by Gasteiger charge is 2.10. The zero-order chi connectivity index (χ0) is 12.8. The zero-order valence-corrected chi connectivity index (χ0v) is 12.1.